The third-order valence-electron chi connectivity index (χ3n) is 2.65. The molecule has 1 N–H and O–H groups in total. The molecule has 1 aliphatic carbocycles. The van der Waals surface area contributed by atoms with E-state index in [9.17, 15) is 14.7 Å². The van der Waals surface area contributed by atoms with Gasteiger partial charge in [0.15, 0.2) is 11.6 Å². The van der Waals surface area contributed by atoms with Gasteiger partial charge in [0.25, 0.3) is 0 Å². The van der Waals surface area contributed by atoms with Gasteiger partial charge in [0.2, 0.25) is 0 Å². The van der Waals surface area contributed by atoms with Gasteiger partial charge in [-0.1, -0.05) is 37.5 Å². The lowest BCUT2D eigenvalue weighted by atomic mass is 9.83. The van der Waals surface area contributed by atoms with Crippen LogP contribution >= 0.6 is 0 Å². The lowest BCUT2D eigenvalue weighted by molar-refractivity contribution is -0.115. The average molecular weight is 256 g/mol. The lowest BCUT2D eigenvalue weighted by Gasteiger charge is -2.17. The fourth-order valence-corrected chi connectivity index (χ4v) is 1.87. The monoisotopic (exact) mass is 256 g/mol. The number of Topliss-reactive ketones (excluding diaryl/α,β-unsaturated/α-hetero) is 2. The molecule has 0 radical (unpaired) electrons. The number of aliphatic hydroxyl groups excluding tert-OH is 1. The van der Waals surface area contributed by atoms with Gasteiger partial charge in [0.05, 0.1) is 5.76 Å². The Labute approximate surface area is 112 Å². The number of allylic oxidation sites excluding steroid dienone is 10. The minimum Gasteiger partial charge on any atom is -0.513 e. The van der Waals surface area contributed by atoms with Crippen molar-refractivity contribution in [2.45, 2.75) is 13.8 Å². The van der Waals surface area contributed by atoms with E-state index in [1.165, 1.54) is 25.2 Å². The van der Waals surface area contributed by atoms with Crippen molar-refractivity contribution < 1.29 is 14.7 Å². The second-order valence-corrected chi connectivity index (χ2v) is 4.01. The van der Waals surface area contributed by atoms with Crippen molar-refractivity contribution >= 4 is 11.6 Å². The number of rotatable bonds is 4. The van der Waals surface area contributed by atoms with Crippen LogP contribution in [0.15, 0.2) is 71.6 Å². The minimum atomic E-state index is -0.323. The van der Waals surface area contributed by atoms with E-state index >= 15 is 0 Å². The van der Waals surface area contributed by atoms with Gasteiger partial charge in [0.1, 0.15) is 0 Å². The summed E-state index contributed by atoms with van der Waals surface area (Å²) in [5.41, 5.74) is 0.867. The van der Waals surface area contributed by atoms with Gasteiger partial charge in [-0.2, -0.15) is 0 Å². The van der Waals surface area contributed by atoms with E-state index in [0.717, 1.165) is 0 Å². The number of hydrogen-bond acceptors (Lipinski definition) is 3. The molecule has 3 heteroatoms. The zero-order chi connectivity index (χ0) is 14.6. The molecular formula is C16H16O3. The highest BCUT2D eigenvalue weighted by Gasteiger charge is 2.29. The molecule has 0 heterocycles. The molecule has 1 aliphatic rings. The molecular weight excluding hydrogens is 240 g/mol. The van der Waals surface area contributed by atoms with E-state index in [4.69, 9.17) is 0 Å². The second-order valence-electron chi connectivity index (χ2n) is 4.01. The molecule has 0 saturated heterocycles. The van der Waals surface area contributed by atoms with Crippen LogP contribution in [0.3, 0.4) is 0 Å². The molecule has 0 aromatic heterocycles. The van der Waals surface area contributed by atoms with Crippen molar-refractivity contribution in [1.82, 2.24) is 0 Å². The number of hydrogen-bond donors (Lipinski definition) is 1. The van der Waals surface area contributed by atoms with Crippen LogP contribution in [0.2, 0.25) is 0 Å². The Bertz CT molecular complexity index is 577. The Kier molecular flexibility index (Phi) is 4.59. The summed E-state index contributed by atoms with van der Waals surface area (Å²) >= 11 is 0. The van der Waals surface area contributed by atoms with Crippen molar-refractivity contribution in [3.63, 3.8) is 0 Å². The first-order valence-corrected chi connectivity index (χ1v) is 5.80. The summed E-state index contributed by atoms with van der Waals surface area (Å²) in [6.45, 7) is 10.3. The van der Waals surface area contributed by atoms with Crippen LogP contribution in [-0.2, 0) is 9.59 Å². The van der Waals surface area contributed by atoms with Crippen LogP contribution in [0.1, 0.15) is 13.8 Å². The van der Waals surface area contributed by atoms with Gasteiger partial charge >= 0.3 is 0 Å². The van der Waals surface area contributed by atoms with Crippen molar-refractivity contribution in [2.75, 3.05) is 0 Å². The summed E-state index contributed by atoms with van der Waals surface area (Å²) in [5, 5.41) is 9.34. The predicted molar refractivity (Wildman–Crippen MR) is 75.7 cm³/mol. The maximum atomic E-state index is 12.4. The predicted octanol–water partition coefficient (Wildman–Crippen LogP) is 3.14. The van der Waals surface area contributed by atoms with E-state index in [0.29, 0.717) is 0 Å². The van der Waals surface area contributed by atoms with Crippen molar-refractivity contribution in [1.29, 1.82) is 0 Å². The van der Waals surface area contributed by atoms with Crippen molar-refractivity contribution in [2.24, 2.45) is 0 Å². The smallest absolute Gasteiger partial charge is 0.194 e. The molecule has 1 rings (SSSR count). The third kappa shape index (κ3) is 2.71. The molecule has 0 spiro atoms. The SMILES string of the molecule is C=CC1=C(/C=C\C)C(=O)C(/C=C(\C)O)=C(C=C)C1=O. The quantitative estimate of drug-likeness (QED) is 0.621. The summed E-state index contributed by atoms with van der Waals surface area (Å²) < 4.78 is 0. The Morgan fingerprint density at radius 1 is 1.00 bits per heavy atom. The molecule has 0 aromatic rings. The molecule has 0 aromatic carbocycles. The highest BCUT2D eigenvalue weighted by molar-refractivity contribution is 6.29. The third-order valence-corrected chi connectivity index (χ3v) is 2.65. The molecule has 98 valence electrons. The number of carbonyl (C=O) groups excluding carboxylic acids is 2. The van der Waals surface area contributed by atoms with Gasteiger partial charge in [-0.3, -0.25) is 9.59 Å². The maximum absolute atomic E-state index is 12.4. The van der Waals surface area contributed by atoms with Crippen molar-refractivity contribution in [3.8, 4) is 0 Å². The Morgan fingerprint density at radius 2 is 1.47 bits per heavy atom. The normalized spacial score (nSPS) is 17.5. The topological polar surface area (TPSA) is 54.4 Å². The maximum Gasteiger partial charge on any atom is 0.194 e. The van der Waals surface area contributed by atoms with Crippen LogP contribution in [0.5, 0.6) is 0 Å². The zero-order valence-electron chi connectivity index (χ0n) is 11.1. The molecule has 0 bridgehead atoms. The fourth-order valence-electron chi connectivity index (χ4n) is 1.87. The van der Waals surface area contributed by atoms with E-state index in [2.05, 4.69) is 13.2 Å². The molecule has 0 fully saturated rings. The Morgan fingerprint density at radius 3 is 1.89 bits per heavy atom. The van der Waals surface area contributed by atoms with E-state index in [1.54, 1.807) is 19.1 Å². The molecule has 19 heavy (non-hydrogen) atoms. The van der Waals surface area contributed by atoms with Crippen LogP contribution in [0.25, 0.3) is 0 Å². The van der Waals surface area contributed by atoms with E-state index in [1.807, 2.05) is 0 Å². The van der Waals surface area contributed by atoms with E-state index in [-0.39, 0.29) is 39.6 Å². The van der Waals surface area contributed by atoms with Crippen LogP contribution < -0.4 is 0 Å². The number of ketones is 2. The molecule has 0 atom stereocenters. The first-order valence-electron chi connectivity index (χ1n) is 5.80. The molecule has 0 aliphatic heterocycles. The Balaban J connectivity index is 3.61. The van der Waals surface area contributed by atoms with Gasteiger partial charge in [-0.05, 0) is 19.9 Å². The van der Waals surface area contributed by atoms with Gasteiger partial charge < -0.3 is 5.11 Å². The van der Waals surface area contributed by atoms with Gasteiger partial charge in [-0.15, -0.1) is 0 Å². The number of carbonyl (C=O) groups is 2. The standard InChI is InChI=1S/C16H16O3/c1-5-8-13-11(6-2)15(18)12(7-3)14(16(13)19)9-10(4)17/h5-9,17H,2-3H2,1,4H3/b8-5-,10-9+. The van der Waals surface area contributed by atoms with Crippen LogP contribution in [0.4, 0.5) is 0 Å². The minimum absolute atomic E-state index is 0.0441. The highest BCUT2D eigenvalue weighted by Crippen LogP contribution is 2.28. The largest absolute Gasteiger partial charge is 0.513 e. The van der Waals surface area contributed by atoms with Crippen LogP contribution in [-0.4, -0.2) is 16.7 Å². The summed E-state index contributed by atoms with van der Waals surface area (Å²) in [5.74, 6) is -0.682. The van der Waals surface area contributed by atoms with E-state index < -0.39 is 0 Å². The average Bonchev–Trinajstić information content (AvgIpc) is 2.35. The summed E-state index contributed by atoms with van der Waals surface area (Å²) in [6, 6.07) is 0. The molecule has 0 amide bonds. The van der Waals surface area contributed by atoms with Crippen molar-refractivity contribution in [3.05, 3.63) is 71.6 Å². The lowest BCUT2D eigenvalue weighted by Crippen LogP contribution is -2.21. The Hall–Kier alpha value is -2.42. The second kappa shape index (κ2) is 5.96. The summed E-state index contributed by atoms with van der Waals surface area (Å²) in [7, 11) is 0. The van der Waals surface area contributed by atoms with Gasteiger partial charge in [0, 0.05) is 22.3 Å². The molecule has 3 nitrogen and oxygen atoms in total. The number of aliphatic hydroxyl groups is 1. The first-order chi connectivity index (χ1) is 8.97. The first kappa shape index (κ1) is 14.6. The molecule has 0 saturated carbocycles. The molecule has 0 unspecified atom stereocenters. The zero-order valence-corrected chi connectivity index (χ0v) is 11.1. The summed E-state index contributed by atoms with van der Waals surface area (Å²) in [6.07, 6.45) is 7.21. The summed E-state index contributed by atoms with van der Waals surface area (Å²) in [4.78, 5) is 24.6. The highest BCUT2D eigenvalue weighted by atomic mass is 16.3. The van der Waals surface area contributed by atoms with Gasteiger partial charge in [-0.25, -0.2) is 0 Å². The fraction of sp³-hybridized carbons (Fsp3) is 0.125. The van der Waals surface area contributed by atoms with Crippen LogP contribution in [0, 0.1) is 0 Å².